The van der Waals surface area contributed by atoms with Gasteiger partial charge in [0.25, 0.3) is 5.56 Å². The number of unbranched alkanes of at least 4 members (excludes halogenated alkanes) is 1. The zero-order valence-electron chi connectivity index (χ0n) is 16.7. The van der Waals surface area contributed by atoms with Gasteiger partial charge in [0.1, 0.15) is 5.75 Å². The second kappa shape index (κ2) is 9.09. The minimum absolute atomic E-state index is 0.0295. The van der Waals surface area contributed by atoms with Crippen molar-refractivity contribution in [2.75, 3.05) is 0 Å². The summed E-state index contributed by atoms with van der Waals surface area (Å²) >= 11 is 0. The highest BCUT2D eigenvalue weighted by Gasteiger charge is 2.26. The Labute approximate surface area is 166 Å². The summed E-state index contributed by atoms with van der Waals surface area (Å²) < 4.78 is 5.74. The number of rotatable bonds is 10. The molecule has 0 bridgehead atoms. The normalized spacial score (nSPS) is 14.8. The standard InChI is InChI=1S/C23H30N2O3/c1-15(2)28-18-11-9-16(10-12-18)19(5-3-4-6-22(24)26)21-14-13-20(17-7-8-17)23(27)25-21/h9-15,17,19H,3-8H2,1-2H3,(H2,24,26)(H,25,27). The molecule has 0 saturated heterocycles. The van der Waals surface area contributed by atoms with Crippen molar-refractivity contribution in [2.24, 2.45) is 5.73 Å². The highest BCUT2D eigenvalue weighted by Crippen LogP contribution is 2.38. The van der Waals surface area contributed by atoms with Gasteiger partial charge in [0, 0.05) is 23.6 Å². The van der Waals surface area contributed by atoms with Gasteiger partial charge in [-0.05, 0) is 69.2 Å². The number of hydrogen-bond acceptors (Lipinski definition) is 3. The van der Waals surface area contributed by atoms with E-state index in [0.717, 1.165) is 54.7 Å². The van der Waals surface area contributed by atoms with Crippen LogP contribution in [0.2, 0.25) is 0 Å². The van der Waals surface area contributed by atoms with E-state index in [4.69, 9.17) is 10.5 Å². The van der Waals surface area contributed by atoms with Crippen LogP contribution < -0.4 is 16.0 Å². The summed E-state index contributed by atoms with van der Waals surface area (Å²) in [4.78, 5) is 26.7. The first-order chi connectivity index (χ1) is 13.4. The second-order valence-electron chi connectivity index (χ2n) is 7.97. The minimum Gasteiger partial charge on any atom is -0.491 e. The fourth-order valence-corrected chi connectivity index (χ4v) is 3.62. The van der Waals surface area contributed by atoms with E-state index in [1.807, 2.05) is 38.1 Å². The molecular weight excluding hydrogens is 352 g/mol. The molecule has 1 saturated carbocycles. The summed E-state index contributed by atoms with van der Waals surface area (Å²) in [7, 11) is 0. The van der Waals surface area contributed by atoms with Gasteiger partial charge < -0.3 is 15.5 Å². The summed E-state index contributed by atoms with van der Waals surface area (Å²) in [5.74, 6) is 1.07. The molecule has 1 aliphatic carbocycles. The molecule has 5 nitrogen and oxygen atoms in total. The lowest BCUT2D eigenvalue weighted by atomic mass is 9.89. The maximum atomic E-state index is 12.5. The van der Waals surface area contributed by atoms with Crippen molar-refractivity contribution in [3.8, 4) is 5.75 Å². The van der Waals surface area contributed by atoms with Crippen LogP contribution in [0.4, 0.5) is 0 Å². The Balaban J connectivity index is 1.81. The molecule has 1 atom stereocenters. The number of H-pyrrole nitrogens is 1. The van der Waals surface area contributed by atoms with E-state index in [-0.39, 0.29) is 23.5 Å². The summed E-state index contributed by atoms with van der Waals surface area (Å²) in [6.07, 6.45) is 5.20. The minimum atomic E-state index is -0.270. The Hall–Kier alpha value is -2.56. The quantitative estimate of drug-likeness (QED) is 0.603. The van der Waals surface area contributed by atoms with Gasteiger partial charge in [0.15, 0.2) is 0 Å². The van der Waals surface area contributed by atoms with Crippen LogP contribution >= 0.6 is 0 Å². The summed E-state index contributed by atoms with van der Waals surface area (Å²) in [5.41, 5.74) is 8.24. The first-order valence-electron chi connectivity index (χ1n) is 10.2. The van der Waals surface area contributed by atoms with Crippen LogP contribution in [0.25, 0.3) is 0 Å². The summed E-state index contributed by atoms with van der Waals surface area (Å²) in [6, 6.07) is 12.1. The van der Waals surface area contributed by atoms with Crippen molar-refractivity contribution < 1.29 is 9.53 Å². The fourth-order valence-electron chi connectivity index (χ4n) is 3.62. The highest BCUT2D eigenvalue weighted by atomic mass is 16.5. The van der Waals surface area contributed by atoms with Crippen LogP contribution in [0.1, 0.15) is 81.0 Å². The molecule has 0 aliphatic heterocycles. The lowest BCUT2D eigenvalue weighted by Gasteiger charge is -2.19. The predicted octanol–water partition coefficient (Wildman–Crippen LogP) is 4.22. The summed E-state index contributed by atoms with van der Waals surface area (Å²) in [6.45, 7) is 4.00. The van der Waals surface area contributed by atoms with E-state index in [1.54, 1.807) is 0 Å². The van der Waals surface area contributed by atoms with Crippen molar-refractivity contribution in [3.05, 3.63) is 63.6 Å². The lowest BCUT2D eigenvalue weighted by molar-refractivity contribution is -0.118. The molecule has 1 amide bonds. The molecule has 1 aromatic heterocycles. The van der Waals surface area contributed by atoms with Crippen LogP contribution in [0, 0.1) is 0 Å². The van der Waals surface area contributed by atoms with Crippen LogP contribution in [-0.2, 0) is 4.79 Å². The highest BCUT2D eigenvalue weighted by molar-refractivity contribution is 5.73. The lowest BCUT2D eigenvalue weighted by Crippen LogP contribution is -2.16. The van der Waals surface area contributed by atoms with E-state index >= 15 is 0 Å². The van der Waals surface area contributed by atoms with Crippen molar-refractivity contribution in [3.63, 3.8) is 0 Å². The zero-order chi connectivity index (χ0) is 20.1. The van der Waals surface area contributed by atoms with E-state index in [1.165, 1.54) is 0 Å². The maximum absolute atomic E-state index is 12.5. The molecule has 0 spiro atoms. The van der Waals surface area contributed by atoms with E-state index in [2.05, 4.69) is 17.1 Å². The molecular formula is C23H30N2O3. The molecule has 150 valence electrons. The van der Waals surface area contributed by atoms with Crippen LogP contribution in [0.15, 0.2) is 41.2 Å². The molecule has 1 aliphatic rings. The Bertz CT molecular complexity index is 851. The molecule has 2 aromatic rings. The number of pyridine rings is 1. The molecule has 1 unspecified atom stereocenters. The largest absolute Gasteiger partial charge is 0.491 e. The molecule has 28 heavy (non-hydrogen) atoms. The number of carbonyl (C=O) groups excluding carboxylic acids is 1. The Kier molecular flexibility index (Phi) is 6.55. The number of carbonyl (C=O) groups is 1. The molecule has 5 heteroatoms. The van der Waals surface area contributed by atoms with Crippen LogP contribution in [0.5, 0.6) is 5.75 Å². The van der Waals surface area contributed by atoms with Crippen LogP contribution in [0.3, 0.4) is 0 Å². The molecule has 3 N–H and O–H groups in total. The van der Waals surface area contributed by atoms with Gasteiger partial charge in [-0.15, -0.1) is 0 Å². The van der Waals surface area contributed by atoms with Gasteiger partial charge in [0.05, 0.1) is 6.10 Å². The summed E-state index contributed by atoms with van der Waals surface area (Å²) in [5, 5.41) is 0. The number of ether oxygens (including phenoxy) is 1. The fraction of sp³-hybridized carbons (Fsp3) is 0.478. The molecule has 1 fully saturated rings. The number of hydrogen-bond donors (Lipinski definition) is 2. The third-order valence-corrected chi connectivity index (χ3v) is 5.18. The smallest absolute Gasteiger partial charge is 0.251 e. The monoisotopic (exact) mass is 382 g/mol. The number of amides is 1. The number of benzene rings is 1. The van der Waals surface area contributed by atoms with Crippen molar-refractivity contribution in [1.82, 2.24) is 4.98 Å². The van der Waals surface area contributed by atoms with Gasteiger partial charge in [-0.25, -0.2) is 0 Å². The maximum Gasteiger partial charge on any atom is 0.251 e. The molecule has 1 aromatic carbocycles. The zero-order valence-corrected chi connectivity index (χ0v) is 16.7. The first-order valence-corrected chi connectivity index (χ1v) is 10.2. The first kappa shape index (κ1) is 20.2. The SMILES string of the molecule is CC(C)Oc1ccc(C(CCCCC(N)=O)c2ccc(C3CC3)c(=O)[nH]2)cc1. The van der Waals surface area contributed by atoms with Crippen LogP contribution in [-0.4, -0.2) is 17.0 Å². The third-order valence-electron chi connectivity index (χ3n) is 5.18. The van der Waals surface area contributed by atoms with E-state index in [9.17, 15) is 9.59 Å². The molecule has 1 heterocycles. The van der Waals surface area contributed by atoms with E-state index < -0.39 is 0 Å². The number of aromatic amines is 1. The average molecular weight is 383 g/mol. The number of aromatic nitrogens is 1. The third kappa shape index (κ3) is 5.47. The predicted molar refractivity (Wildman–Crippen MR) is 111 cm³/mol. The van der Waals surface area contributed by atoms with Gasteiger partial charge in [-0.3, -0.25) is 9.59 Å². The van der Waals surface area contributed by atoms with Crippen molar-refractivity contribution in [1.29, 1.82) is 0 Å². The van der Waals surface area contributed by atoms with Gasteiger partial charge in [0.2, 0.25) is 5.91 Å². The Morgan fingerprint density at radius 3 is 2.43 bits per heavy atom. The van der Waals surface area contributed by atoms with Gasteiger partial charge in [-0.1, -0.05) is 24.6 Å². The average Bonchev–Trinajstić information content (AvgIpc) is 3.47. The van der Waals surface area contributed by atoms with Gasteiger partial charge >= 0.3 is 0 Å². The second-order valence-corrected chi connectivity index (χ2v) is 7.97. The van der Waals surface area contributed by atoms with Crippen molar-refractivity contribution in [2.45, 2.75) is 70.3 Å². The van der Waals surface area contributed by atoms with Gasteiger partial charge in [-0.2, -0.15) is 0 Å². The van der Waals surface area contributed by atoms with E-state index in [0.29, 0.717) is 12.3 Å². The van der Waals surface area contributed by atoms with Crippen molar-refractivity contribution >= 4 is 5.91 Å². The number of nitrogens with two attached hydrogens (primary N) is 1. The molecule has 3 rings (SSSR count). The molecule has 0 radical (unpaired) electrons. The topological polar surface area (TPSA) is 85.2 Å². The number of primary amides is 1. The Morgan fingerprint density at radius 2 is 1.86 bits per heavy atom. The Morgan fingerprint density at radius 1 is 1.14 bits per heavy atom. The number of nitrogens with one attached hydrogen (secondary N) is 1.